The van der Waals surface area contributed by atoms with Crippen LogP contribution in [0, 0.1) is 43.9 Å². The second-order valence-corrected chi connectivity index (χ2v) is 9.04. The third-order valence-corrected chi connectivity index (χ3v) is 7.25. The second-order valence-electron chi connectivity index (χ2n) is 9.04. The number of fused-ring (bicyclic) bond motifs is 2. The molecule has 1 aromatic carbocycles. The van der Waals surface area contributed by atoms with Crippen molar-refractivity contribution in [1.29, 1.82) is 0 Å². The van der Waals surface area contributed by atoms with E-state index in [1.807, 2.05) is 0 Å². The Labute approximate surface area is 146 Å². The Morgan fingerprint density at radius 3 is 2.33 bits per heavy atom. The van der Waals surface area contributed by atoms with Gasteiger partial charge in [0, 0.05) is 5.92 Å². The van der Waals surface area contributed by atoms with Crippen molar-refractivity contribution in [3.63, 3.8) is 0 Å². The van der Waals surface area contributed by atoms with Gasteiger partial charge in [0.25, 0.3) is 0 Å². The lowest BCUT2D eigenvalue weighted by Gasteiger charge is -2.61. The number of imidazole rings is 1. The molecule has 1 heterocycles. The summed E-state index contributed by atoms with van der Waals surface area (Å²) in [7, 11) is 0. The van der Waals surface area contributed by atoms with Gasteiger partial charge in [-0.15, -0.1) is 0 Å². The first-order chi connectivity index (χ1) is 11.3. The van der Waals surface area contributed by atoms with Crippen LogP contribution in [0.15, 0.2) is 30.9 Å². The van der Waals surface area contributed by atoms with Gasteiger partial charge in [0.2, 0.25) is 6.33 Å². The van der Waals surface area contributed by atoms with Gasteiger partial charge in [-0.3, -0.25) is 0 Å². The van der Waals surface area contributed by atoms with Crippen molar-refractivity contribution in [2.75, 3.05) is 0 Å². The highest BCUT2D eigenvalue weighted by molar-refractivity contribution is 5.48. The number of aryl methyl sites for hydroxylation is 3. The van der Waals surface area contributed by atoms with Gasteiger partial charge in [0.1, 0.15) is 24.1 Å². The average Bonchev–Trinajstić information content (AvgIpc) is 2.95. The molecule has 0 spiro atoms. The molecule has 3 saturated carbocycles. The third kappa shape index (κ3) is 2.18. The molecule has 3 aliphatic carbocycles. The summed E-state index contributed by atoms with van der Waals surface area (Å²) in [6.07, 6.45) is 9.64. The first kappa shape index (κ1) is 15.9. The molecule has 5 rings (SSSR count). The first-order valence-electron chi connectivity index (χ1n) is 9.46. The van der Waals surface area contributed by atoms with Crippen molar-refractivity contribution in [3.8, 4) is 5.69 Å². The Balaban J connectivity index is 1.65. The number of rotatable bonds is 2. The lowest BCUT2D eigenvalue weighted by molar-refractivity contribution is -0.737. The smallest absolute Gasteiger partial charge is 0.233 e. The van der Waals surface area contributed by atoms with E-state index in [1.54, 1.807) is 0 Å². The van der Waals surface area contributed by atoms with Crippen LogP contribution < -0.4 is 4.57 Å². The van der Waals surface area contributed by atoms with E-state index < -0.39 is 0 Å². The van der Waals surface area contributed by atoms with E-state index in [-0.39, 0.29) is 0 Å². The fraction of sp³-hybridized carbons (Fsp3) is 0.591. The molecule has 0 amide bonds. The normalized spacial score (nSPS) is 30.9. The van der Waals surface area contributed by atoms with Crippen LogP contribution in [-0.4, -0.2) is 4.57 Å². The minimum atomic E-state index is 0.559. The van der Waals surface area contributed by atoms with E-state index in [2.05, 4.69) is 81.5 Å². The summed E-state index contributed by atoms with van der Waals surface area (Å²) in [6.45, 7) is 14.1. The summed E-state index contributed by atoms with van der Waals surface area (Å²) >= 11 is 0. The van der Waals surface area contributed by atoms with Crippen molar-refractivity contribution >= 4 is 0 Å². The summed E-state index contributed by atoms with van der Waals surface area (Å²) in [5, 5.41) is 0. The number of hydrogen-bond donors (Lipinski definition) is 0. The lowest BCUT2D eigenvalue weighted by atomic mass is 9.44. The number of benzene rings is 1. The third-order valence-electron chi connectivity index (χ3n) is 7.25. The fourth-order valence-corrected chi connectivity index (χ4v) is 5.79. The Kier molecular flexibility index (Phi) is 3.46. The Bertz CT molecular complexity index is 760. The zero-order valence-corrected chi connectivity index (χ0v) is 16.0. The summed E-state index contributed by atoms with van der Waals surface area (Å²) in [4.78, 5) is 0. The van der Waals surface area contributed by atoms with E-state index in [9.17, 15) is 0 Å². The molecule has 1 unspecified atom stereocenters. The van der Waals surface area contributed by atoms with Gasteiger partial charge >= 0.3 is 0 Å². The molecule has 0 saturated heterocycles. The number of aromatic nitrogens is 2. The highest BCUT2D eigenvalue weighted by Gasteiger charge is 2.57. The summed E-state index contributed by atoms with van der Waals surface area (Å²) < 4.78 is 4.81. The van der Waals surface area contributed by atoms with Gasteiger partial charge in [-0.1, -0.05) is 38.5 Å². The monoisotopic (exact) mass is 323 g/mol. The van der Waals surface area contributed by atoms with Crippen molar-refractivity contribution in [2.45, 2.75) is 60.4 Å². The highest BCUT2D eigenvalue weighted by atomic mass is 15.1. The molecule has 0 aliphatic heterocycles. The Hall–Kier alpha value is -1.57. The van der Waals surface area contributed by atoms with Gasteiger partial charge < -0.3 is 0 Å². The van der Waals surface area contributed by atoms with E-state index in [0.717, 1.165) is 17.8 Å². The van der Waals surface area contributed by atoms with Crippen LogP contribution in [0.3, 0.4) is 0 Å². The van der Waals surface area contributed by atoms with E-state index in [1.165, 1.54) is 35.2 Å². The van der Waals surface area contributed by atoms with Crippen LogP contribution in [0.2, 0.25) is 0 Å². The SMILES string of the molecule is Cc1cc(C)c(-n2cc[n+](C3C[C@H]4C[C@@H]([C@@H]3C)C4(C)C)c2)c(C)c1. The Morgan fingerprint density at radius 2 is 1.75 bits per heavy atom. The molecule has 0 radical (unpaired) electrons. The molecule has 4 atom stereocenters. The van der Waals surface area contributed by atoms with Crippen LogP contribution >= 0.6 is 0 Å². The maximum atomic E-state index is 2.48. The fourth-order valence-electron chi connectivity index (χ4n) is 5.79. The summed E-state index contributed by atoms with van der Waals surface area (Å²) in [5.74, 6) is 2.56. The largest absolute Gasteiger partial charge is 0.249 e. The van der Waals surface area contributed by atoms with Crippen LogP contribution in [0.4, 0.5) is 0 Å². The van der Waals surface area contributed by atoms with Gasteiger partial charge in [-0.25, -0.2) is 9.13 Å². The summed E-state index contributed by atoms with van der Waals surface area (Å²) in [5.41, 5.74) is 5.96. The van der Waals surface area contributed by atoms with Crippen LogP contribution in [0.1, 0.15) is 56.3 Å². The standard InChI is InChI=1S/C22H31N2/c1-14-9-15(2)21(16(3)10-14)24-8-7-23(13-24)20-12-18-11-19(17(20)4)22(18,5)6/h7-10,13,17-20H,11-12H2,1-6H3/q+1/t17-,18+,19-,20?/m0/s1. The minimum absolute atomic E-state index is 0.559. The molecule has 3 aliphatic rings. The van der Waals surface area contributed by atoms with E-state index >= 15 is 0 Å². The van der Waals surface area contributed by atoms with E-state index in [4.69, 9.17) is 0 Å². The van der Waals surface area contributed by atoms with Crippen molar-refractivity contribution in [1.82, 2.24) is 4.57 Å². The molecule has 2 nitrogen and oxygen atoms in total. The second kappa shape index (κ2) is 5.21. The first-order valence-corrected chi connectivity index (χ1v) is 9.46. The molecular formula is C22H31N2+. The van der Waals surface area contributed by atoms with Gasteiger partial charge in [0.15, 0.2) is 0 Å². The summed E-state index contributed by atoms with van der Waals surface area (Å²) in [6, 6.07) is 5.23. The molecule has 1 aromatic heterocycles. The maximum Gasteiger partial charge on any atom is 0.249 e. The predicted molar refractivity (Wildman–Crippen MR) is 98.4 cm³/mol. The zero-order chi connectivity index (χ0) is 17.2. The highest BCUT2D eigenvalue weighted by Crippen LogP contribution is 2.63. The molecular weight excluding hydrogens is 292 g/mol. The average molecular weight is 324 g/mol. The maximum absolute atomic E-state index is 2.48. The number of nitrogens with zero attached hydrogens (tertiary/aromatic N) is 2. The van der Waals surface area contributed by atoms with E-state index in [0.29, 0.717) is 11.5 Å². The molecule has 2 heteroatoms. The van der Waals surface area contributed by atoms with Gasteiger partial charge in [0.05, 0.1) is 0 Å². The minimum Gasteiger partial charge on any atom is -0.233 e. The molecule has 128 valence electrons. The van der Waals surface area contributed by atoms with Crippen LogP contribution in [0.5, 0.6) is 0 Å². The van der Waals surface area contributed by atoms with Crippen molar-refractivity contribution in [2.24, 2.45) is 23.2 Å². The quantitative estimate of drug-likeness (QED) is 0.693. The number of hydrogen-bond acceptors (Lipinski definition) is 0. The van der Waals surface area contributed by atoms with Gasteiger partial charge in [-0.2, -0.15) is 0 Å². The molecule has 0 N–H and O–H groups in total. The predicted octanol–water partition coefficient (Wildman–Crippen LogP) is 4.93. The molecule has 3 fully saturated rings. The van der Waals surface area contributed by atoms with Crippen molar-refractivity contribution < 1.29 is 4.57 Å². The molecule has 2 aromatic rings. The molecule has 24 heavy (non-hydrogen) atoms. The topological polar surface area (TPSA) is 8.81 Å². The Morgan fingerprint density at radius 1 is 1.08 bits per heavy atom. The van der Waals surface area contributed by atoms with Crippen LogP contribution in [-0.2, 0) is 0 Å². The zero-order valence-electron chi connectivity index (χ0n) is 16.0. The van der Waals surface area contributed by atoms with Crippen LogP contribution in [0.25, 0.3) is 5.69 Å². The lowest BCUT2D eigenvalue weighted by Crippen LogP contribution is -2.60. The van der Waals surface area contributed by atoms with Gasteiger partial charge in [-0.05, 0) is 62.0 Å². The van der Waals surface area contributed by atoms with Crippen molar-refractivity contribution in [3.05, 3.63) is 47.5 Å². The molecule has 2 bridgehead atoms.